The SMILES string of the molecule is CNc1nc(NCC(C2CC2)C2CC2)c(F)cc1F. The second-order valence-electron chi connectivity index (χ2n) is 5.62. The van der Waals surface area contributed by atoms with E-state index in [4.69, 9.17) is 0 Å². The van der Waals surface area contributed by atoms with Crippen LogP contribution >= 0.6 is 0 Å². The molecule has 19 heavy (non-hydrogen) atoms. The van der Waals surface area contributed by atoms with E-state index >= 15 is 0 Å². The van der Waals surface area contributed by atoms with E-state index < -0.39 is 11.6 Å². The van der Waals surface area contributed by atoms with Gasteiger partial charge in [-0.1, -0.05) is 0 Å². The Morgan fingerprint density at radius 1 is 1.16 bits per heavy atom. The molecule has 0 amide bonds. The minimum Gasteiger partial charge on any atom is -0.371 e. The van der Waals surface area contributed by atoms with Crippen molar-refractivity contribution in [2.75, 3.05) is 24.2 Å². The molecule has 1 heterocycles. The fourth-order valence-corrected chi connectivity index (χ4v) is 2.75. The maximum absolute atomic E-state index is 13.7. The van der Waals surface area contributed by atoms with Crippen molar-refractivity contribution in [1.29, 1.82) is 0 Å². The molecule has 0 aliphatic heterocycles. The van der Waals surface area contributed by atoms with Gasteiger partial charge >= 0.3 is 0 Å². The van der Waals surface area contributed by atoms with E-state index in [2.05, 4.69) is 15.6 Å². The van der Waals surface area contributed by atoms with Gasteiger partial charge in [-0.3, -0.25) is 0 Å². The molecule has 0 spiro atoms. The highest BCUT2D eigenvalue weighted by atomic mass is 19.1. The molecule has 2 saturated carbocycles. The van der Waals surface area contributed by atoms with Crippen LogP contribution in [0.2, 0.25) is 0 Å². The Bertz CT molecular complexity index is 458. The van der Waals surface area contributed by atoms with Crippen LogP contribution in [0.1, 0.15) is 25.7 Å². The molecule has 2 aliphatic rings. The van der Waals surface area contributed by atoms with Gasteiger partial charge in [-0.15, -0.1) is 0 Å². The van der Waals surface area contributed by atoms with Gasteiger partial charge in [0.2, 0.25) is 0 Å². The molecule has 0 unspecified atom stereocenters. The fourth-order valence-electron chi connectivity index (χ4n) is 2.75. The second kappa shape index (κ2) is 4.94. The van der Waals surface area contributed by atoms with Crippen molar-refractivity contribution in [2.45, 2.75) is 25.7 Å². The molecule has 2 aliphatic carbocycles. The van der Waals surface area contributed by atoms with E-state index in [1.165, 1.54) is 25.7 Å². The summed E-state index contributed by atoms with van der Waals surface area (Å²) in [7, 11) is 1.57. The zero-order valence-corrected chi connectivity index (χ0v) is 11.0. The van der Waals surface area contributed by atoms with Gasteiger partial charge in [0, 0.05) is 19.7 Å². The lowest BCUT2D eigenvalue weighted by atomic mass is 9.98. The van der Waals surface area contributed by atoms with Gasteiger partial charge in [0.1, 0.15) is 0 Å². The van der Waals surface area contributed by atoms with Crippen LogP contribution < -0.4 is 10.6 Å². The number of nitrogens with one attached hydrogen (secondary N) is 2. The van der Waals surface area contributed by atoms with Gasteiger partial charge in [-0.2, -0.15) is 0 Å². The number of rotatable bonds is 6. The molecular weight excluding hydrogens is 248 g/mol. The maximum atomic E-state index is 13.7. The first-order chi connectivity index (χ1) is 9.19. The lowest BCUT2D eigenvalue weighted by Crippen LogP contribution is -2.19. The van der Waals surface area contributed by atoms with Crippen LogP contribution in [0.25, 0.3) is 0 Å². The molecule has 1 aromatic heterocycles. The summed E-state index contributed by atoms with van der Waals surface area (Å²) in [6, 6.07) is 0.879. The average Bonchev–Trinajstić information content (AvgIpc) is 3.26. The standard InChI is InChI=1S/C14H19F2N3/c1-17-13-11(15)6-12(16)14(19-13)18-7-10(8-2-3-8)9-4-5-9/h6,8-10H,2-5,7H2,1H3,(H2,17,18,19). The Balaban J connectivity index is 1.68. The highest BCUT2D eigenvalue weighted by Crippen LogP contribution is 2.49. The van der Waals surface area contributed by atoms with Crippen molar-refractivity contribution in [1.82, 2.24) is 4.98 Å². The summed E-state index contributed by atoms with van der Waals surface area (Å²) in [5.74, 6) is 1.17. The van der Waals surface area contributed by atoms with Crippen molar-refractivity contribution in [3.8, 4) is 0 Å². The third kappa shape index (κ3) is 2.80. The van der Waals surface area contributed by atoms with E-state index in [0.29, 0.717) is 5.92 Å². The van der Waals surface area contributed by atoms with Crippen LogP contribution in [0.15, 0.2) is 6.07 Å². The van der Waals surface area contributed by atoms with Crippen LogP contribution in [-0.2, 0) is 0 Å². The molecule has 2 N–H and O–H groups in total. The monoisotopic (exact) mass is 267 g/mol. The Labute approximate surface area is 111 Å². The van der Waals surface area contributed by atoms with Crippen molar-refractivity contribution in [2.24, 2.45) is 17.8 Å². The van der Waals surface area contributed by atoms with Gasteiger partial charge in [-0.05, 0) is 43.4 Å². The van der Waals surface area contributed by atoms with Gasteiger partial charge in [0.15, 0.2) is 23.3 Å². The molecule has 2 fully saturated rings. The van der Waals surface area contributed by atoms with E-state index in [0.717, 1.165) is 24.4 Å². The number of halogens is 2. The highest BCUT2D eigenvalue weighted by molar-refractivity contribution is 5.47. The number of anilines is 2. The van der Waals surface area contributed by atoms with Crippen molar-refractivity contribution in [3.63, 3.8) is 0 Å². The predicted molar refractivity (Wildman–Crippen MR) is 71.1 cm³/mol. The number of hydrogen-bond acceptors (Lipinski definition) is 3. The van der Waals surface area contributed by atoms with Gasteiger partial charge in [0.05, 0.1) is 0 Å². The Morgan fingerprint density at radius 2 is 1.74 bits per heavy atom. The lowest BCUT2D eigenvalue weighted by molar-refractivity contribution is 0.426. The Morgan fingerprint density at radius 3 is 2.26 bits per heavy atom. The molecule has 3 rings (SSSR count). The minimum atomic E-state index is -0.661. The number of pyridine rings is 1. The largest absolute Gasteiger partial charge is 0.371 e. The summed E-state index contributed by atoms with van der Waals surface area (Å²) in [6.45, 7) is 0.744. The molecular formula is C14H19F2N3. The van der Waals surface area contributed by atoms with Crippen LogP contribution in [-0.4, -0.2) is 18.6 Å². The average molecular weight is 267 g/mol. The Hall–Kier alpha value is -1.39. The molecule has 1 aromatic rings. The lowest BCUT2D eigenvalue weighted by Gasteiger charge is -2.17. The van der Waals surface area contributed by atoms with Gasteiger partial charge < -0.3 is 10.6 Å². The second-order valence-corrected chi connectivity index (χ2v) is 5.62. The van der Waals surface area contributed by atoms with Crippen LogP contribution in [0.5, 0.6) is 0 Å². The molecule has 0 radical (unpaired) electrons. The fraction of sp³-hybridized carbons (Fsp3) is 0.643. The van der Waals surface area contributed by atoms with E-state index in [9.17, 15) is 8.78 Å². The quantitative estimate of drug-likeness (QED) is 0.830. The summed E-state index contributed by atoms with van der Waals surface area (Å²) in [5, 5.41) is 5.69. The number of nitrogens with zero attached hydrogens (tertiary/aromatic N) is 1. The smallest absolute Gasteiger partial charge is 0.168 e. The molecule has 3 nitrogen and oxygen atoms in total. The minimum absolute atomic E-state index is 0.0818. The van der Waals surface area contributed by atoms with E-state index in [1.807, 2.05) is 0 Å². The van der Waals surface area contributed by atoms with Crippen LogP contribution in [0.4, 0.5) is 20.4 Å². The Kier molecular flexibility index (Phi) is 3.29. The first-order valence-electron chi connectivity index (χ1n) is 6.96. The first-order valence-corrected chi connectivity index (χ1v) is 6.96. The van der Waals surface area contributed by atoms with Crippen LogP contribution in [0, 0.1) is 29.4 Å². The van der Waals surface area contributed by atoms with Gasteiger partial charge in [-0.25, -0.2) is 13.8 Å². The number of aromatic nitrogens is 1. The third-order valence-electron chi connectivity index (χ3n) is 4.13. The molecule has 0 bridgehead atoms. The summed E-state index contributed by atoms with van der Waals surface area (Å²) in [5.41, 5.74) is 0. The van der Waals surface area contributed by atoms with E-state index in [-0.39, 0.29) is 11.6 Å². The zero-order valence-electron chi connectivity index (χ0n) is 11.0. The maximum Gasteiger partial charge on any atom is 0.168 e. The first kappa shape index (κ1) is 12.6. The van der Waals surface area contributed by atoms with Crippen molar-refractivity contribution >= 4 is 11.6 Å². The molecule has 0 aromatic carbocycles. The molecule has 0 atom stereocenters. The topological polar surface area (TPSA) is 37.0 Å². The normalized spacial score (nSPS) is 18.7. The van der Waals surface area contributed by atoms with Crippen molar-refractivity contribution < 1.29 is 8.78 Å². The zero-order chi connectivity index (χ0) is 13.4. The third-order valence-corrected chi connectivity index (χ3v) is 4.13. The van der Waals surface area contributed by atoms with Crippen molar-refractivity contribution in [3.05, 3.63) is 17.7 Å². The summed E-state index contributed by atoms with van der Waals surface area (Å²) in [6.07, 6.45) is 5.18. The summed E-state index contributed by atoms with van der Waals surface area (Å²) < 4.78 is 27.0. The van der Waals surface area contributed by atoms with E-state index in [1.54, 1.807) is 7.05 Å². The summed E-state index contributed by atoms with van der Waals surface area (Å²) >= 11 is 0. The molecule has 0 saturated heterocycles. The van der Waals surface area contributed by atoms with Crippen LogP contribution in [0.3, 0.4) is 0 Å². The molecule has 104 valence electrons. The number of hydrogen-bond donors (Lipinski definition) is 2. The van der Waals surface area contributed by atoms with Gasteiger partial charge in [0.25, 0.3) is 0 Å². The molecule has 5 heteroatoms. The predicted octanol–water partition coefficient (Wildman–Crippen LogP) is 3.25. The highest BCUT2D eigenvalue weighted by Gasteiger charge is 2.41. The summed E-state index contributed by atoms with van der Waals surface area (Å²) in [4.78, 5) is 3.95.